The number of aliphatic carboxylic acids is 1. The zero-order chi connectivity index (χ0) is 13.1. The van der Waals surface area contributed by atoms with Crippen molar-refractivity contribution in [1.29, 1.82) is 0 Å². The Balaban J connectivity index is 2.31. The second-order valence-electron chi connectivity index (χ2n) is 6.31. The molecule has 100 valence electrons. The van der Waals surface area contributed by atoms with Gasteiger partial charge in [-0.25, -0.2) is 0 Å². The summed E-state index contributed by atoms with van der Waals surface area (Å²) in [4.78, 5) is 10.4. The first-order valence-corrected chi connectivity index (χ1v) is 13.8. The van der Waals surface area contributed by atoms with Gasteiger partial charge in [0, 0.05) is 12.5 Å². The number of unbranched alkanes of at least 4 members (excludes halogenated alkanes) is 1. The van der Waals surface area contributed by atoms with Crippen LogP contribution in [0.2, 0.25) is 32.2 Å². The van der Waals surface area contributed by atoms with E-state index in [1.54, 1.807) is 0 Å². The number of carboxylic acid groups (broad SMARTS) is 1. The number of rotatable bonds is 5. The second kappa shape index (κ2) is 5.67. The van der Waals surface area contributed by atoms with Crippen LogP contribution in [0.5, 0.6) is 0 Å². The molecule has 1 heterocycles. The molecule has 0 aromatic heterocycles. The molecule has 17 heavy (non-hydrogen) atoms. The highest BCUT2D eigenvalue weighted by atomic mass is 29.3. The van der Waals surface area contributed by atoms with Gasteiger partial charge >= 0.3 is 5.97 Å². The van der Waals surface area contributed by atoms with E-state index in [4.69, 9.17) is 9.53 Å². The Hall–Kier alpha value is -0.136. The number of carbonyl (C=O) groups is 1. The van der Waals surface area contributed by atoms with E-state index in [9.17, 15) is 4.79 Å². The molecular weight excluding hydrogens is 248 g/mol. The predicted molar refractivity (Wildman–Crippen MR) is 75.4 cm³/mol. The van der Waals surface area contributed by atoms with Gasteiger partial charge in [-0.05, 0) is 32.4 Å². The summed E-state index contributed by atoms with van der Waals surface area (Å²) in [6.07, 6.45) is 4.73. The SMILES string of the molecule is C[Si]1(C)CCC(CCCCC(=O)O)O[Si]1(C)C. The van der Waals surface area contributed by atoms with Crippen molar-refractivity contribution in [3.8, 4) is 0 Å². The van der Waals surface area contributed by atoms with Crippen LogP contribution < -0.4 is 0 Å². The van der Waals surface area contributed by atoms with E-state index in [0.29, 0.717) is 12.5 Å². The van der Waals surface area contributed by atoms with Crippen LogP contribution in [0.4, 0.5) is 0 Å². The number of hydrogen-bond acceptors (Lipinski definition) is 2. The molecule has 0 radical (unpaired) electrons. The third-order valence-electron chi connectivity index (χ3n) is 4.35. The number of carboxylic acids is 1. The average Bonchev–Trinajstić information content (AvgIpc) is 2.18. The van der Waals surface area contributed by atoms with Crippen LogP contribution in [0.3, 0.4) is 0 Å². The summed E-state index contributed by atoms with van der Waals surface area (Å²) in [5.41, 5.74) is 0. The third-order valence-corrected chi connectivity index (χ3v) is 21.0. The molecule has 0 aromatic carbocycles. The van der Waals surface area contributed by atoms with E-state index in [2.05, 4.69) is 26.2 Å². The Bertz CT molecular complexity index is 277. The highest BCUT2D eigenvalue weighted by molar-refractivity contribution is 7.38. The molecule has 1 aliphatic rings. The molecule has 1 aliphatic heterocycles. The van der Waals surface area contributed by atoms with Gasteiger partial charge < -0.3 is 9.53 Å². The molecule has 1 atom stereocenters. The topological polar surface area (TPSA) is 46.5 Å². The fourth-order valence-corrected chi connectivity index (χ4v) is 9.04. The quantitative estimate of drug-likeness (QED) is 0.617. The van der Waals surface area contributed by atoms with E-state index >= 15 is 0 Å². The largest absolute Gasteiger partial charge is 0.481 e. The maximum atomic E-state index is 10.4. The lowest BCUT2D eigenvalue weighted by atomic mass is 10.1. The maximum Gasteiger partial charge on any atom is 0.303 e. The van der Waals surface area contributed by atoms with Gasteiger partial charge in [0.25, 0.3) is 0 Å². The van der Waals surface area contributed by atoms with Gasteiger partial charge in [-0.15, -0.1) is 0 Å². The maximum absolute atomic E-state index is 10.4. The molecule has 1 N–H and O–H groups in total. The van der Waals surface area contributed by atoms with E-state index in [0.717, 1.165) is 19.3 Å². The van der Waals surface area contributed by atoms with Crippen molar-refractivity contribution in [2.24, 2.45) is 0 Å². The summed E-state index contributed by atoms with van der Waals surface area (Å²) in [6, 6.07) is 1.38. The summed E-state index contributed by atoms with van der Waals surface area (Å²) in [7, 11) is -2.54. The summed E-state index contributed by atoms with van der Waals surface area (Å²) in [6.45, 7) is 9.64. The van der Waals surface area contributed by atoms with Crippen molar-refractivity contribution in [2.75, 3.05) is 0 Å². The second-order valence-corrected chi connectivity index (χ2v) is 21.5. The molecule has 1 rings (SSSR count). The predicted octanol–water partition coefficient (Wildman–Crippen LogP) is 3.41. The van der Waals surface area contributed by atoms with Crippen LogP contribution in [-0.4, -0.2) is 32.6 Å². The fraction of sp³-hybridized carbons (Fsp3) is 0.917. The lowest BCUT2D eigenvalue weighted by molar-refractivity contribution is -0.137. The molecule has 1 saturated heterocycles. The van der Waals surface area contributed by atoms with Crippen LogP contribution in [0.15, 0.2) is 0 Å². The van der Waals surface area contributed by atoms with Crippen molar-refractivity contribution in [1.82, 2.24) is 0 Å². The van der Waals surface area contributed by atoms with Crippen LogP contribution in [-0.2, 0) is 9.22 Å². The summed E-state index contributed by atoms with van der Waals surface area (Å²) < 4.78 is 6.35. The summed E-state index contributed by atoms with van der Waals surface area (Å²) in [5, 5.41) is 8.58. The van der Waals surface area contributed by atoms with Gasteiger partial charge in [0.1, 0.15) is 0 Å². The monoisotopic (exact) mass is 274 g/mol. The first-order valence-electron chi connectivity index (χ1n) is 6.64. The fourth-order valence-electron chi connectivity index (χ4n) is 2.31. The van der Waals surface area contributed by atoms with Crippen molar-refractivity contribution >= 4 is 21.4 Å². The standard InChI is InChI=1S/C12H26O3Si2/c1-16(2)10-9-11(15-17(16,3)4)7-5-6-8-12(13)14/h11H,5-10H2,1-4H3,(H,13,14). The minimum Gasteiger partial charge on any atom is -0.481 e. The normalized spacial score (nSPS) is 26.7. The highest BCUT2D eigenvalue weighted by Crippen LogP contribution is 2.34. The molecule has 0 spiro atoms. The zero-order valence-electron chi connectivity index (χ0n) is 11.6. The van der Waals surface area contributed by atoms with Crippen LogP contribution in [0.25, 0.3) is 0 Å². The molecule has 1 unspecified atom stereocenters. The Labute approximate surface area is 106 Å². The molecule has 0 bridgehead atoms. The molecule has 3 nitrogen and oxygen atoms in total. The molecule has 0 amide bonds. The van der Waals surface area contributed by atoms with Gasteiger partial charge in [-0.1, -0.05) is 25.6 Å². The lowest BCUT2D eigenvalue weighted by Crippen LogP contribution is -2.61. The van der Waals surface area contributed by atoms with Gasteiger partial charge in [-0.2, -0.15) is 0 Å². The van der Waals surface area contributed by atoms with Crippen LogP contribution in [0, 0.1) is 0 Å². The first kappa shape index (κ1) is 14.9. The van der Waals surface area contributed by atoms with E-state index in [-0.39, 0.29) is 0 Å². The van der Waals surface area contributed by atoms with Crippen LogP contribution >= 0.6 is 0 Å². The Morgan fingerprint density at radius 2 is 1.94 bits per heavy atom. The molecular formula is C12H26O3Si2. The summed E-state index contributed by atoms with van der Waals surface area (Å²) in [5.74, 6) is -0.683. The Morgan fingerprint density at radius 3 is 2.47 bits per heavy atom. The van der Waals surface area contributed by atoms with E-state index in [1.807, 2.05) is 0 Å². The van der Waals surface area contributed by atoms with Gasteiger partial charge in [-0.3, -0.25) is 4.79 Å². The molecule has 0 aliphatic carbocycles. The minimum atomic E-state index is -1.44. The van der Waals surface area contributed by atoms with Crippen LogP contribution in [0.1, 0.15) is 32.1 Å². The first-order chi connectivity index (χ1) is 7.74. The van der Waals surface area contributed by atoms with Gasteiger partial charge in [0.15, 0.2) is 7.83 Å². The lowest BCUT2D eigenvalue weighted by Gasteiger charge is -2.45. The molecule has 0 saturated carbocycles. The van der Waals surface area contributed by atoms with Gasteiger partial charge in [0.2, 0.25) is 0 Å². The molecule has 1 fully saturated rings. The zero-order valence-corrected chi connectivity index (χ0v) is 13.6. The molecule has 0 aromatic rings. The van der Waals surface area contributed by atoms with Crippen molar-refractivity contribution in [3.05, 3.63) is 0 Å². The highest BCUT2D eigenvalue weighted by Gasteiger charge is 2.47. The van der Waals surface area contributed by atoms with Crippen molar-refractivity contribution in [3.63, 3.8) is 0 Å². The van der Waals surface area contributed by atoms with E-state index in [1.165, 1.54) is 12.5 Å². The smallest absolute Gasteiger partial charge is 0.303 e. The van der Waals surface area contributed by atoms with E-state index < -0.39 is 21.4 Å². The number of hydrogen-bond donors (Lipinski definition) is 1. The minimum absolute atomic E-state index is 0.299. The third kappa shape index (κ3) is 4.23. The summed E-state index contributed by atoms with van der Waals surface area (Å²) >= 11 is 0. The van der Waals surface area contributed by atoms with Crippen molar-refractivity contribution in [2.45, 2.75) is 70.4 Å². The van der Waals surface area contributed by atoms with Gasteiger partial charge in [0.05, 0.1) is 7.59 Å². The average molecular weight is 275 g/mol. The van der Waals surface area contributed by atoms with Crippen molar-refractivity contribution < 1.29 is 14.3 Å². The Morgan fingerprint density at radius 1 is 1.29 bits per heavy atom. The Kier molecular flexibility index (Phi) is 4.98. The molecule has 5 heteroatoms.